The summed E-state index contributed by atoms with van der Waals surface area (Å²) in [4.78, 5) is 29.0. The largest absolute Gasteiger partial charge is 0.416 e. The third-order valence-electron chi connectivity index (χ3n) is 5.52. The standard InChI is InChI=1S/C28H22F3N7O/c1-17-5-6-19(10-25(17)37-27-33-9-7-24(36-27)20-4-3-8-32-14-20)26(39)35-22-11-21(28(29,30)31)12-23(13-22)38-15-18(2)34-16-38/h3-16H,1-2H3,(H,35,39)(H,33,36,37)/i3D,4D,7D,8D,9D,14D. The number of nitrogens with one attached hydrogen (secondary N) is 2. The topological polar surface area (TPSA) is 97.6 Å². The van der Waals surface area contributed by atoms with E-state index in [-0.39, 0.29) is 39.8 Å². The number of carbonyl (C=O) groups is 1. The minimum Gasteiger partial charge on any atom is -0.324 e. The second kappa shape index (κ2) is 10.4. The van der Waals surface area contributed by atoms with Crippen molar-refractivity contribution in [2.75, 3.05) is 10.6 Å². The van der Waals surface area contributed by atoms with Crippen molar-refractivity contribution < 1.29 is 26.2 Å². The van der Waals surface area contributed by atoms with Crippen molar-refractivity contribution >= 4 is 23.2 Å². The van der Waals surface area contributed by atoms with E-state index in [1.165, 1.54) is 29.1 Å². The number of anilines is 3. The number of pyridine rings is 1. The SMILES string of the molecule is [2H]c1nc(Nc2cc(C(=O)Nc3cc(-n4cnc(C)c4)cc(C(F)(F)F)c3)ccc2C)nc(-c2c([2H])nc([2H])c([2H])c2[2H])c1[2H]. The van der Waals surface area contributed by atoms with Crippen LogP contribution in [0.5, 0.6) is 0 Å². The van der Waals surface area contributed by atoms with Gasteiger partial charge >= 0.3 is 6.18 Å². The number of imidazole rings is 1. The fourth-order valence-electron chi connectivity index (χ4n) is 3.59. The number of alkyl halides is 3. The van der Waals surface area contributed by atoms with Gasteiger partial charge in [-0.05, 0) is 67.9 Å². The van der Waals surface area contributed by atoms with Crippen molar-refractivity contribution in [3.8, 4) is 16.9 Å². The summed E-state index contributed by atoms with van der Waals surface area (Å²) in [7, 11) is 0. The zero-order valence-corrected chi connectivity index (χ0v) is 20.4. The Morgan fingerprint density at radius 1 is 1.05 bits per heavy atom. The van der Waals surface area contributed by atoms with Gasteiger partial charge in [0, 0.05) is 52.9 Å². The number of aromatic nitrogens is 5. The molecule has 3 heterocycles. The first-order valence-corrected chi connectivity index (χ1v) is 11.3. The van der Waals surface area contributed by atoms with E-state index >= 15 is 0 Å². The lowest BCUT2D eigenvalue weighted by Gasteiger charge is -2.14. The highest BCUT2D eigenvalue weighted by Gasteiger charge is 2.31. The predicted molar refractivity (Wildman–Crippen MR) is 141 cm³/mol. The van der Waals surface area contributed by atoms with Gasteiger partial charge in [-0.3, -0.25) is 9.78 Å². The molecule has 2 N–H and O–H groups in total. The maximum absolute atomic E-state index is 13.7. The van der Waals surface area contributed by atoms with Gasteiger partial charge in [0.1, 0.15) is 0 Å². The van der Waals surface area contributed by atoms with Crippen LogP contribution in [0.2, 0.25) is 0 Å². The molecule has 0 fully saturated rings. The molecule has 0 spiro atoms. The summed E-state index contributed by atoms with van der Waals surface area (Å²) >= 11 is 0. The summed E-state index contributed by atoms with van der Waals surface area (Å²) in [5.41, 5.74) is -0.0736. The first kappa shape index (κ1) is 19.1. The highest BCUT2D eigenvalue weighted by Crippen LogP contribution is 2.33. The van der Waals surface area contributed by atoms with Crippen molar-refractivity contribution in [3.63, 3.8) is 0 Å². The molecule has 2 aromatic carbocycles. The monoisotopic (exact) mass is 535 g/mol. The Labute approximate surface area is 230 Å². The van der Waals surface area contributed by atoms with Gasteiger partial charge < -0.3 is 15.2 Å². The van der Waals surface area contributed by atoms with Crippen LogP contribution in [-0.2, 0) is 6.18 Å². The molecule has 0 bridgehead atoms. The number of nitrogens with zero attached hydrogens (tertiary/aromatic N) is 5. The second-order valence-corrected chi connectivity index (χ2v) is 8.39. The Kier molecular flexibility index (Phi) is 5.07. The molecule has 196 valence electrons. The molecule has 8 nitrogen and oxygen atoms in total. The Bertz CT molecular complexity index is 1980. The minimum absolute atomic E-state index is 0.0555. The van der Waals surface area contributed by atoms with Crippen LogP contribution in [0.3, 0.4) is 0 Å². The molecule has 0 saturated heterocycles. The van der Waals surface area contributed by atoms with Gasteiger partial charge in [-0.1, -0.05) is 6.07 Å². The van der Waals surface area contributed by atoms with Crippen LogP contribution >= 0.6 is 0 Å². The number of benzene rings is 2. The fourth-order valence-corrected chi connectivity index (χ4v) is 3.59. The quantitative estimate of drug-likeness (QED) is 0.263. The van der Waals surface area contributed by atoms with Crippen molar-refractivity contribution in [1.29, 1.82) is 0 Å². The van der Waals surface area contributed by atoms with E-state index in [0.717, 1.165) is 12.1 Å². The zero-order valence-electron chi connectivity index (χ0n) is 26.4. The molecule has 0 saturated carbocycles. The number of carbonyl (C=O) groups excluding carboxylic acids is 1. The van der Waals surface area contributed by atoms with Crippen LogP contribution in [0.4, 0.5) is 30.5 Å². The summed E-state index contributed by atoms with van der Waals surface area (Å²) < 4.78 is 90.6. The van der Waals surface area contributed by atoms with Crippen molar-refractivity contribution in [3.05, 3.63) is 108 Å². The lowest BCUT2D eigenvalue weighted by atomic mass is 10.1. The van der Waals surface area contributed by atoms with Crippen molar-refractivity contribution in [2.45, 2.75) is 20.0 Å². The fraction of sp³-hybridized carbons (Fsp3) is 0.107. The molecule has 0 aliphatic carbocycles. The lowest BCUT2D eigenvalue weighted by molar-refractivity contribution is -0.137. The number of hydrogen-bond acceptors (Lipinski definition) is 6. The average molecular weight is 536 g/mol. The van der Waals surface area contributed by atoms with E-state index in [2.05, 4.69) is 30.6 Å². The van der Waals surface area contributed by atoms with Gasteiger partial charge in [0.25, 0.3) is 5.91 Å². The first-order valence-electron chi connectivity index (χ1n) is 14.3. The van der Waals surface area contributed by atoms with Crippen LogP contribution in [0.1, 0.15) is 35.4 Å². The summed E-state index contributed by atoms with van der Waals surface area (Å²) in [5, 5.41) is 5.34. The molecule has 1 amide bonds. The van der Waals surface area contributed by atoms with Crippen molar-refractivity contribution in [2.24, 2.45) is 0 Å². The van der Waals surface area contributed by atoms with E-state index in [0.29, 0.717) is 11.3 Å². The molecule has 3 aromatic heterocycles. The molecular formula is C28H22F3N7O. The highest BCUT2D eigenvalue weighted by atomic mass is 19.4. The second-order valence-electron chi connectivity index (χ2n) is 8.39. The smallest absolute Gasteiger partial charge is 0.324 e. The molecule has 0 aliphatic rings. The summed E-state index contributed by atoms with van der Waals surface area (Å²) in [5.74, 6) is -0.957. The molecule has 5 rings (SSSR count). The van der Waals surface area contributed by atoms with Crippen molar-refractivity contribution in [1.82, 2.24) is 24.5 Å². The van der Waals surface area contributed by atoms with E-state index in [9.17, 15) is 18.0 Å². The highest BCUT2D eigenvalue weighted by molar-refractivity contribution is 6.05. The number of aryl methyl sites for hydroxylation is 2. The van der Waals surface area contributed by atoms with E-state index in [1.807, 2.05) is 0 Å². The Balaban J connectivity index is 1.47. The van der Waals surface area contributed by atoms with Crippen LogP contribution in [-0.4, -0.2) is 30.4 Å². The van der Waals surface area contributed by atoms with Crippen LogP contribution in [0.15, 0.2) is 85.6 Å². The Morgan fingerprint density at radius 3 is 2.67 bits per heavy atom. The third-order valence-corrected chi connectivity index (χ3v) is 5.52. The van der Waals surface area contributed by atoms with E-state index < -0.39 is 54.3 Å². The lowest BCUT2D eigenvalue weighted by Crippen LogP contribution is -2.14. The first-order chi connectivity index (χ1) is 21.1. The Morgan fingerprint density at radius 2 is 1.90 bits per heavy atom. The molecule has 0 unspecified atom stereocenters. The van der Waals surface area contributed by atoms with Crippen LogP contribution in [0, 0.1) is 13.8 Å². The molecule has 5 aromatic rings. The van der Waals surface area contributed by atoms with Crippen LogP contribution in [0.25, 0.3) is 16.9 Å². The minimum atomic E-state index is -4.68. The maximum atomic E-state index is 13.7. The number of hydrogen-bond donors (Lipinski definition) is 2. The molecule has 11 heteroatoms. The molecule has 0 radical (unpaired) electrons. The van der Waals surface area contributed by atoms with Gasteiger partial charge in [0.2, 0.25) is 5.95 Å². The summed E-state index contributed by atoms with van der Waals surface area (Å²) in [6.45, 7) is 3.37. The average Bonchev–Trinajstić information content (AvgIpc) is 3.41. The van der Waals surface area contributed by atoms with E-state index in [4.69, 9.17) is 8.22 Å². The molecule has 39 heavy (non-hydrogen) atoms. The number of rotatable bonds is 6. The Hall–Kier alpha value is -5.06. The predicted octanol–water partition coefficient (Wildman–Crippen LogP) is 6.36. The maximum Gasteiger partial charge on any atom is 0.416 e. The number of amides is 1. The van der Waals surface area contributed by atoms with Crippen LogP contribution < -0.4 is 10.6 Å². The molecular weight excluding hydrogens is 507 g/mol. The van der Waals surface area contributed by atoms with Gasteiger partial charge in [-0.25, -0.2) is 15.0 Å². The van der Waals surface area contributed by atoms with Gasteiger partial charge in [-0.15, -0.1) is 0 Å². The number of halogens is 3. The third kappa shape index (κ3) is 5.93. The summed E-state index contributed by atoms with van der Waals surface area (Å²) in [6.07, 6.45) is -3.51. The molecule has 0 atom stereocenters. The van der Waals surface area contributed by atoms with Gasteiger partial charge in [0.05, 0.1) is 31.5 Å². The van der Waals surface area contributed by atoms with E-state index in [1.54, 1.807) is 26.1 Å². The normalized spacial score (nSPS) is 13.5. The van der Waals surface area contributed by atoms with Gasteiger partial charge in [0.15, 0.2) is 0 Å². The zero-order chi connectivity index (χ0) is 32.8. The molecule has 0 aliphatic heterocycles. The summed E-state index contributed by atoms with van der Waals surface area (Å²) in [6, 6.07) is 5.88. The van der Waals surface area contributed by atoms with Gasteiger partial charge in [-0.2, -0.15) is 13.2 Å².